The molecule has 100 valence electrons. The summed E-state index contributed by atoms with van der Waals surface area (Å²) in [6, 6.07) is 6.92. The molecule has 0 bridgehead atoms. The number of aryl methyl sites for hydroxylation is 1. The topological polar surface area (TPSA) is 66.7 Å². The quantitative estimate of drug-likeness (QED) is 0.850. The molecule has 1 aliphatic heterocycles. The lowest BCUT2D eigenvalue weighted by atomic mass is 10.1. The van der Waals surface area contributed by atoms with Crippen LogP contribution < -0.4 is 0 Å². The minimum atomic E-state index is -0.863. The van der Waals surface area contributed by atoms with Gasteiger partial charge in [-0.15, -0.1) is 0 Å². The molecule has 1 aromatic rings. The molecular weight excluding hydrogens is 254 g/mol. The molecule has 20 heavy (non-hydrogen) atoms. The first-order valence-electron chi connectivity index (χ1n) is 6.05. The summed E-state index contributed by atoms with van der Waals surface area (Å²) in [7, 11) is 0. The molecule has 0 atom stereocenters. The summed E-state index contributed by atoms with van der Waals surface area (Å²) in [5.41, 5.74) is 2.99. The van der Waals surface area contributed by atoms with E-state index in [1.165, 1.54) is 6.08 Å². The maximum absolute atomic E-state index is 10.7. The number of carbonyl (C=O) groups is 2. The van der Waals surface area contributed by atoms with Crippen LogP contribution in [0.15, 0.2) is 64.8 Å². The third kappa shape index (κ3) is 3.17. The number of benzene rings is 1. The Morgan fingerprint density at radius 2 is 1.95 bits per heavy atom. The number of carboxylic acid groups (broad SMARTS) is 1. The average molecular weight is 267 g/mol. The minimum absolute atomic E-state index is 0.0196. The van der Waals surface area contributed by atoms with Crippen LogP contribution in [0.3, 0.4) is 0 Å². The van der Waals surface area contributed by atoms with Crippen molar-refractivity contribution in [2.45, 2.75) is 6.92 Å². The highest BCUT2D eigenvalue weighted by Gasteiger charge is 2.10. The molecule has 0 saturated carbocycles. The van der Waals surface area contributed by atoms with Gasteiger partial charge in [0.1, 0.15) is 0 Å². The predicted octanol–water partition coefficient (Wildman–Crippen LogP) is 2.71. The number of rotatable bonds is 1. The van der Waals surface area contributed by atoms with Crippen LogP contribution in [-0.2, 0) is 4.79 Å². The standard InChI is InChI=1S/C8H5NO.C8H8O2/c10-7-2-1-6-3-4-9-8(6)5-7;1-6-4-2-3-5-7(6)8(9)10/h1-5H;2-5H,1H3,(H,9,10). The fourth-order valence-electron chi connectivity index (χ4n) is 1.79. The molecule has 0 fully saturated rings. The zero-order valence-electron chi connectivity index (χ0n) is 10.9. The zero-order chi connectivity index (χ0) is 14.5. The van der Waals surface area contributed by atoms with Crippen LogP contribution in [0.4, 0.5) is 0 Å². The molecule has 2 aliphatic rings. The van der Waals surface area contributed by atoms with Crippen LogP contribution in [0.2, 0.25) is 0 Å². The normalized spacial score (nSPS) is 14.9. The van der Waals surface area contributed by atoms with E-state index in [1.54, 1.807) is 43.5 Å². The van der Waals surface area contributed by atoms with Crippen LogP contribution in [0.25, 0.3) is 0 Å². The van der Waals surface area contributed by atoms with Crippen LogP contribution in [-0.4, -0.2) is 23.1 Å². The number of ketones is 1. The van der Waals surface area contributed by atoms with Crippen LogP contribution >= 0.6 is 0 Å². The molecule has 3 rings (SSSR count). The maximum Gasteiger partial charge on any atom is 0.335 e. The van der Waals surface area contributed by atoms with Gasteiger partial charge in [0, 0.05) is 17.9 Å². The Hall–Kier alpha value is -2.75. The van der Waals surface area contributed by atoms with Crippen LogP contribution in [0.1, 0.15) is 15.9 Å². The molecule has 0 aromatic heterocycles. The van der Waals surface area contributed by atoms with E-state index in [4.69, 9.17) is 5.11 Å². The van der Waals surface area contributed by atoms with Gasteiger partial charge in [0.05, 0.1) is 11.3 Å². The van der Waals surface area contributed by atoms with Gasteiger partial charge in [-0.05, 0) is 36.8 Å². The monoisotopic (exact) mass is 267 g/mol. The molecule has 0 saturated heterocycles. The maximum atomic E-state index is 10.7. The number of carboxylic acids is 1. The van der Waals surface area contributed by atoms with Crippen molar-refractivity contribution in [1.29, 1.82) is 0 Å². The van der Waals surface area contributed by atoms with Gasteiger partial charge in [-0.3, -0.25) is 9.79 Å². The highest BCUT2D eigenvalue weighted by atomic mass is 16.4. The highest BCUT2D eigenvalue weighted by molar-refractivity contribution is 6.03. The molecule has 1 aromatic carbocycles. The summed E-state index contributed by atoms with van der Waals surface area (Å²) in [5.74, 6) is -0.843. The van der Waals surface area contributed by atoms with Crippen molar-refractivity contribution in [2.75, 3.05) is 0 Å². The number of allylic oxidation sites excluding steroid dienone is 4. The van der Waals surface area contributed by atoms with E-state index in [1.807, 2.05) is 12.1 Å². The second kappa shape index (κ2) is 5.93. The molecule has 1 heterocycles. The first-order valence-corrected chi connectivity index (χ1v) is 6.05. The van der Waals surface area contributed by atoms with E-state index in [-0.39, 0.29) is 5.78 Å². The van der Waals surface area contributed by atoms with Crippen LogP contribution in [0.5, 0.6) is 0 Å². The van der Waals surface area contributed by atoms with Crippen molar-refractivity contribution >= 4 is 18.0 Å². The lowest BCUT2D eigenvalue weighted by Crippen LogP contribution is -1.97. The lowest BCUT2D eigenvalue weighted by Gasteiger charge is -1.99. The van der Waals surface area contributed by atoms with E-state index in [0.29, 0.717) is 5.56 Å². The van der Waals surface area contributed by atoms with Gasteiger partial charge < -0.3 is 5.11 Å². The molecular formula is C16H13NO3. The van der Waals surface area contributed by atoms with Gasteiger partial charge in [0.2, 0.25) is 0 Å². The van der Waals surface area contributed by atoms with Gasteiger partial charge in [0.25, 0.3) is 0 Å². The van der Waals surface area contributed by atoms with Crippen molar-refractivity contribution in [1.82, 2.24) is 0 Å². The molecule has 1 aliphatic carbocycles. The van der Waals surface area contributed by atoms with Crippen molar-refractivity contribution in [2.24, 2.45) is 4.99 Å². The van der Waals surface area contributed by atoms with Crippen molar-refractivity contribution < 1.29 is 14.7 Å². The van der Waals surface area contributed by atoms with Gasteiger partial charge in [0.15, 0.2) is 5.78 Å². The molecule has 4 heteroatoms. The Morgan fingerprint density at radius 3 is 2.60 bits per heavy atom. The summed E-state index contributed by atoms with van der Waals surface area (Å²) in [4.78, 5) is 25.1. The predicted molar refractivity (Wildman–Crippen MR) is 76.9 cm³/mol. The van der Waals surface area contributed by atoms with E-state index in [2.05, 4.69) is 4.99 Å². The Morgan fingerprint density at radius 1 is 1.20 bits per heavy atom. The Kier molecular flexibility index (Phi) is 4.05. The molecule has 4 nitrogen and oxygen atoms in total. The molecule has 1 N–H and O–H groups in total. The van der Waals surface area contributed by atoms with Crippen LogP contribution in [0, 0.1) is 6.92 Å². The summed E-state index contributed by atoms with van der Waals surface area (Å²) in [6.07, 6.45) is 8.45. The SMILES string of the molecule is Cc1ccccc1C(=O)O.O=C1C=CC2=CC=NC2=C1. The second-order valence-corrected chi connectivity index (χ2v) is 4.29. The van der Waals surface area contributed by atoms with Gasteiger partial charge in [-0.1, -0.05) is 18.2 Å². The fourth-order valence-corrected chi connectivity index (χ4v) is 1.79. The Labute approximate surface area is 116 Å². The second-order valence-electron chi connectivity index (χ2n) is 4.29. The summed E-state index contributed by atoms with van der Waals surface area (Å²) >= 11 is 0. The number of aromatic carboxylic acids is 1. The number of carbonyl (C=O) groups excluding carboxylic acids is 1. The minimum Gasteiger partial charge on any atom is -0.478 e. The van der Waals surface area contributed by atoms with Gasteiger partial charge >= 0.3 is 5.97 Å². The molecule has 0 spiro atoms. The Balaban J connectivity index is 0.000000147. The Bertz CT molecular complexity index is 679. The first kappa shape index (κ1) is 13.7. The van der Waals surface area contributed by atoms with E-state index in [0.717, 1.165) is 16.8 Å². The molecule has 0 radical (unpaired) electrons. The molecule has 0 unspecified atom stereocenters. The van der Waals surface area contributed by atoms with Crippen molar-refractivity contribution in [3.05, 3.63) is 71.0 Å². The first-order chi connectivity index (χ1) is 9.58. The van der Waals surface area contributed by atoms with E-state index >= 15 is 0 Å². The number of nitrogens with zero attached hydrogens (tertiary/aromatic N) is 1. The van der Waals surface area contributed by atoms with Crippen molar-refractivity contribution in [3.63, 3.8) is 0 Å². The third-order valence-electron chi connectivity index (χ3n) is 2.85. The summed E-state index contributed by atoms with van der Waals surface area (Å²) < 4.78 is 0. The number of fused-ring (bicyclic) bond motifs is 1. The van der Waals surface area contributed by atoms with Crippen molar-refractivity contribution in [3.8, 4) is 0 Å². The zero-order valence-corrected chi connectivity index (χ0v) is 10.9. The fraction of sp³-hybridized carbons (Fsp3) is 0.0625. The van der Waals surface area contributed by atoms with Gasteiger partial charge in [-0.25, -0.2) is 4.79 Å². The highest BCUT2D eigenvalue weighted by Crippen LogP contribution is 2.20. The largest absolute Gasteiger partial charge is 0.478 e. The summed E-state index contributed by atoms with van der Waals surface area (Å²) in [5, 5.41) is 8.57. The smallest absolute Gasteiger partial charge is 0.335 e. The van der Waals surface area contributed by atoms with Gasteiger partial charge in [-0.2, -0.15) is 0 Å². The lowest BCUT2D eigenvalue weighted by molar-refractivity contribution is -0.110. The number of aliphatic imine (C=N–C) groups is 1. The van der Waals surface area contributed by atoms with E-state index < -0.39 is 5.97 Å². The number of hydrogen-bond acceptors (Lipinski definition) is 3. The molecule has 0 amide bonds. The number of hydrogen-bond donors (Lipinski definition) is 1. The summed E-state index contributed by atoms with van der Waals surface area (Å²) in [6.45, 7) is 1.78. The third-order valence-corrected chi connectivity index (χ3v) is 2.85. The average Bonchev–Trinajstić information content (AvgIpc) is 2.87. The van der Waals surface area contributed by atoms with E-state index in [9.17, 15) is 9.59 Å².